The lowest BCUT2D eigenvalue weighted by molar-refractivity contribution is -0.384. The Labute approximate surface area is 169 Å². The number of benzene rings is 1. The lowest BCUT2D eigenvalue weighted by Gasteiger charge is -2.28. The molecule has 154 valence electrons. The van der Waals surface area contributed by atoms with Crippen molar-refractivity contribution < 1.29 is 14.4 Å². The number of nitrogens with one attached hydrogen (secondary N) is 1. The molecule has 9 nitrogen and oxygen atoms in total. The number of methoxy groups -OCH3 is 1. The number of nitrogens with zero attached hydrogens (tertiary/aromatic N) is 4. The molecule has 0 radical (unpaired) electrons. The topological polar surface area (TPSA) is 103 Å². The predicted molar refractivity (Wildman–Crippen MR) is 112 cm³/mol. The summed E-state index contributed by atoms with van der Waals surface area (Å²) in [5, 5.41) is 15.1. The van der Waals surface area contributed by atoms with Gasteiger partial charge in [0.15, 0.2) is 0 Å². The molecule has 0 unspecified atom stereocenters. The molecule has 3 rings (SSSR count). The Morgan fingerprint density at radius 1 is 1.28 bits per heavy atom. The van der Waals surface area contributed by atoms with Gasteiger partial charge in [0.25, 0.3) is 0 Å². The molecule has 0 saturated carbocycles. The fraction of sp³-hybridized carbons (Fsp3) is 0.400. The maximum Gasteiger partial charge on any atom is 0.337 e. The highest BCUT2D eigenvalue weighted by molar-refractivity contribution is 5.77. The largest absolute Gasteiger partial charge is 0.383 e. The van der Waals surface area contributed by atoms with Gasteiger partial charge in [-0.25, -0.2) is 4.98 Å². The standard InChI is InChI=1S/C20H25N5O4/c1-15(14-28-2)21-20-22-17(9-8-16-6-4-3-5-7-16)18(25(26)27)19(23-20)24-10-12-29-13-11-24/h3-9,15H,10-14H2,1-2H3,(H,21,22,23)/b9-8+/t15-/m0/s1. The second-order valence-corrected chi connectivity index (χ2v) is 6.71. The van der Waals surface area contributed by atoms with Gasteiger partial charge in [0.05, 0.1) is 24.7 Å². The summed E-state index contributed by atoms with van der Waals surface area (Å²) in [5.74, 6) is 0.627. The molecule has 1 aromatic heterocycles. The minimum atomic E-state index is -0.419. The molecular weight excluding hydrogens is 374 g/mol. The van der Waals surface area contributed by atoms with Gasteiger partial charge in [-0.2, -0.15) is 4.98 Å². The van der Waals surface area contributed by atoms with Gasteiger partial charge in [-0.3, -0.25) is 10.1 Å². The van der Waals surface area contributed by atoms with Crippen molar-refractivity contribution in [2.24, 2.45) is 0 Å². The number of hydrogen-bond donors (Lipinski definition) is 1. The molecule has 9 heteroatoms. The van der Waals surface area contributed by atoms with Crippen LogP contribution in [-0.4, -0.2) is 61.0 Å². The third kappa shape index (κ3) is 5.49. The first-order valence-electron chi connectivity index (χ1n) is 9.46. The second-order valence-electron chi connectivity index (χ2n) is 6.71. The van der Waals surface area contributed by atoms with Crippen LogP contribution in [0, 0.1) is 10.1 Å². The molecule has 1 saturated heterocycles. The molecule has 0 amide bonds. The van der Waals surface area contributed by atoms with E-state index in [1.165, 1.54) is 0 Å². The fourth-order valence-electron chi connectivity index (χ4n) is 3.06. The van der Waals surface area contributed by atoms with Gasteiger partial charge in [-0.15, -0.1) is 0 Å². The number of hydrogen-bond acceptors (Lipinski definition) is 8. The summed E-state index contributed by atoms with van der Waals surface area (Å²) in [7, 11) is 1.61. The van der Waals surface area contributed by atoms with Gasteiger partial charge in [0.1, 0.15) is 5.69 Å². The maximum absolute atomic E-state index is 11.9. The van der Waals surface area contributed by atoms with E-state index in [2.05, 4.69) is 15.3 Å². The van der Waals surface area contributed by atoms with Crippen molar-refractivity contribution >= 4 is 29.6 Å². The zero-order valence-electron chi connectivity index (χ0n) is 16.6. The molecule has 0 spiro atoms. The van der Waals surface area contributed by atoms with Crippen molar-refractivity contribution in [3.63, 3.8) is 0 Å². The van der Waals surface area contributed by atoms with E-state index in [-0.39, 0.29) is 17.4 Å². The van der Waals surface area contributed by atoms with Crippen molar-refractivity contribution in [1.29, 1.82) is 0 Å². The third-order valence-corrected chi connectivity index (χ3v) is 4.41. The van der Waals surface area contributed by atoms with E-state index in [1.54, 1.807) is 19.3 Å². The Kier molecular flexibility index (Phi) is 7.09. The van der Waals surface area contributed by atoms with Crippen LogP contribution in [0.4, 0.5) is 17.5 Å². The highest BCUT2D eigenvalue weighted by Gasteiger charge is 2.28. The number of rotatable bonds is 8. The van der Waals surface area contributed by atoms with Gasteiger partial charge in [0.2, 0.25) is 11.8 Å². The number of ether oxygens (including phenoxy) is 2. The van der Waals surface area contributed by atoms with Gasteiger partial charge in [0, 0.05) is 26.2 Å². The van der Waals surface area contributed by atoms with Gasteiger partial charge in [-0.05, 0) is 18.6 Å². The van der Waals surface area contributed by atoms with Crippen LogP contribution in [-0.2, 0) is 9.47 Å². The summed E-state index contributed by atoms with van der Waals surface area (Å²) >= 11 is 0. The van der Waals surface area contributed by atoms with Gasteiger partial charge >= 0.3 is 5.69 Å². The molecule has 1 fully saturated rings. The van der Waals surface area contributed by atoms with E-state index in [0.717, 1.165) is 5.56 Å². The number of anilines is 2. The highest BCUT2D eigenvalue weighted by Crippen LogP contribution is 2.32. The maximum atomic E-state index is 11.9. The Balaban J connectivity index is 2.04. The summed E-state index contributed by atoms with van der Waals surface area (Å²) < 4.78 is 10.5. The number of nitro groups is 1. The third-order valence-electron chi connectivity index (χ3n) is 4.41. The van der Waals surface area contributed by atoms with Crippen LogP contribution in [0.5, 0.6) is 0 Å². The Bertz CT molecular complexity index is 853. The Morgan fingerprint density at radius 2 is 2.00 bits per heavy atom. The van der Waals surface area contributed by atoms with Crippen molar-refractivity contribution in [2.75, 3.05) is 50.2 Å². The summed E-state index contributed by atoms with van der Waals surface area (Å²) in [6.45, 7) is 4.46. The Hall–Kier alpha value is -3.04. The van der Waals surface area contributed by atoms with E-state index in [0.29, 0.717) is 44.7 Å². The van der Waals surface area contributed by atoms with E-state index in [9.17, 15) is 10.1 Å². The molecule has 2 aromatic rings. The fourth-order valence-corrected chi connectivity index (χ4v) is 3.06. The SMILES string of the molecule is COC[C@H](C)Nc1nc(/C=C/c2ccccc2)c([N+](=O)[O-])c(N2CCOCC2)n1. The molecule has 0 bridgehead atoms. The van der Waals surface area contributed by atoms with Gasteiger partial charge < -0.3 is 19.7 Å². The zero-order valence-corrected chi connectivity index (χ0v) is 16.6. The average Bonchev–Trinajstić information content (AvgIpc) is 2.73. The summed E-state index contributed by atoms with van der Waals surface area (Å²) in [6.07, 6.45) is 3.46. The first kappa shape index (κ1) is 20.7. The number of morpholine rings is 1. The quantitative estimate of drug-likeness (QED) is 0.534. The first-order valence-corrected chi connectivity index (χ1v) is 9.46. The number of aromatic nitrogens is 2. The monoisotopic (exact) mass is 399 g/mol. The summed E-state index contributed by atoms with van der Waals surface area (Å²) in [4.78, 5) is 22.3. The minimum Gasteiger partial charge on any atom is -0.383 e. The van der Waals surface area contributed by atoms with Crippen LogP contribution in [0.2, 0.25) is 0 Å². The minimum absolute atomic E-state index is 0.0510. The zero-order chi connectivity index (χ0) is 20.6. The molecule has 1 aromatic carbocycles. The van der Waals surface area contributed by atoms with Gasteiger partial charge in [-0.1, -0.05) is 36.4 Å². The first-order chi connectivity index (χ1) is 14.1. The van der Waals surface area contributed by atoms with Crippen LogP contribution in [0.3, 0.4) is 0 Å². The van der Waals surface area contributed by atoms with E-state index in [4.69, 9.17) is 9.47 Å². The average molecular weight is 399 g/mol. The van der Waals surface area contributed by atoms with Crippen LogP contribution in [0.1, 0.15) is 18.2 Å². The molecule has 1 N–H and O–H groups in total. The van der Waals surface area contributed by atoms with Crippen molar-refractivity contribution in [1.82, 2.24) is 9.97 Å². The van der Waals surface area contributed by atoms with E-state index >= 15 is 0 Å². The lowest BCUT2D eigenvalue weighted by Crippen LogP contribution is -2.37. The van der Waals surface area contributed by atoms with Crippen LogP contribution < -0.4 is 10.2 Å². The summed E-state index contributed by atoms with van der Waals surface area (Å²) in [6, 6.07) is 9.53. The molecule has 1 aliphatic heterocycles. The molecule has 0 aliphatic carbocycles. The molecular formula is C20H25N5O4. The summed E-state index contributed by atoms with van der Waals surface area (Å²) in [5.41, 5.74) is 1.07. The molecule has 1 aliphatic rings. The smallest absolute Gasteiger partial charge is 0.337 e. The van der Waals surface area contributed by atoms with E-state index < -0.39 is 4.92 Å². The molecule has 29 heavy (non-hydrogen) atoms. The lowest BCUT2D eigenvalue weighted by atomic mass is 10.2. The normalized spacial score (nSPS) is 15.4. The molecule has 1 atom stereocenters. The molecule has 2 heterocycles. The second kappa shape index (κ2) is 9.94. The Morgan fingerprint density at radius 3 is 2.66 bits per heavy atom. The van der Waals surface area contributed by atoms with Crippen LogP contribution >= 0.6 is 0 Å². The van der Waals surface area contributed by atoms with Crippen LogP contribution in [0.25, 0.3) is 12.2 Å². The van der Waals surface area contributed by atoms with Crippen molar-refractivity contribution in [3.05, 3.63) is 51.7 Å². The van der Waals surface area contributed by atoms with Crippen LogP contribution in [0.15, 0.2) is 30.3 Å². The van der Waals surface area contributed by atoms with Crippen molar-refractivity contribution in [2.45, 2.75) is 13.0 Å². The van der Waals surface area contributed by atoms with Crippen molar-refractivity contribution in [3.8, 4) is 0 Å². The highest BCUT2D eigenvalue weighted by atomic mass is 16.6. The predicted octanol–water partition coefficient (Wildman–Crippen LogP) is 2.84. The van der Waals surface area contributed by atoms with E-state index in [1.807, 2.05) is 42.2 Å².